The molecule has 1 saturated carbocycles. The number of rotatable bonds is 13. The number of hydrogen-bond donors (Lipinski definition) is 4. The predicted molar refractivity (Wildman–Crippen MR) is 181 cm³/mol. The van der Waals surface area contributed by atoms with Gasteiger partial charge in [-0.15, -0.1) is 0 Å². The van der Waals surface area contributed by atoms with Crippen LogP contribution in [0.3, 0.4) is 0 Å². The largest absolute Gasteiger partial charge is 0.496 e. The van der Waals surface area contributed by atoms with Crippen molar-refractivity contribution in [3.8, 4) is 22.6 Å². The summed E-state index contributed by atoms with van der Waals surface area (Å²) in [5.74, 6) is 0.936. The zero-order valence-corrected chi connectivity index (χ0v) is 28.9. The molecule has 2 heterocycles. The maximum Gasteiger partial charge on any atom is 0.243 e. The molecule has 2 aliphatic heterocycles. The second-order valence-corrected chi connectivity index (χ2v) is 16.8. The summed E-state index contributed by atoms with van der Waals surface area (Å²) in [5.41, 5.74) is 8.32. The van der Waals surface area contributed by atoms with E-state index in [-0.39, 0.29) is 34.5 Å². The molecule has 3 aromatic carbocycles. The lowest BCUT2D eigenvalue weighted by molar-refractivity contribution is -0.0312. The third-order valence-corrected chi connectivity index (χ3v) is 13.0. The van der Waals surface area contributed by atoms with E-state index in [9.17, 15) is 21.9 Å². The summed E-state index contributed by atoms with van der Waals surface area (Å²) >= 11 is 0. The Balaban J connectivity index is 1.01. The number of aliphatic hydroxyl groups excluding tert-OH is 1. The predicted octanol–water partition coefficient (Wildman–Crippen LogP) is 2.56. The second kappa shape index (κ2) is 13.7. The third kappa shape index (κ3) is 7.41. The maximum atomic E-state index is 13.8. The van der Waals surface area contributed by atoms with Gasteiger partial charge in [-0.05, 0) is 80.6 Å². The molecule has 3 fully saturated rings. The molecular weight excluding hydrogens is 657 g/mol. The molecule has 3 aromatic rings. The molecule has 14 heteroatoms. The van der Waals surface area contributed by atoms with Crippen molar-refractivity contribution in [3.05, 3.63) is 72.3 Å². The third-order valence-electron chi connectivity index (χ3n) is 9.68. The molecule has 48 heavy (non-hydrogen) atoms. The van der Waals surface area contributed by atoms with Gasteiger partial charge in [-0.1, -0.05) is 30.3 Å². The Kier molecular flexibility index (Phi) is 9.91. The molecule has 260 valence electrons. The Morgan fingerprint density at radius 2 is 1.73 bits per heavy atom. The highest BCUT2D eigenvalue weighted by atomic mass is 32.2. The molecule has 3 aliphatic rings. The van der Waals surface area contributed by atoms with Gasteiger partial charge in [0.1, 0.15) is 24.2 Å². The fourth-order valence-corrected chi connectivity index (χ4v) is 8.72. The van der Waals surface area contributed by atoms with Crippen LogP contribution in [-0.4, -0.2) is 91.0 Å². The van der Waals surface area contributed by atoms with Gasteiger partial charge in [-0.25, -0.2) is 21.6 Å². The van der Waals surface area contributed by atoms with Crippen molar-refractivity contribution < 1.29 is 36.2 Å². The molecule has 0 bridgehead atoms. The van der Waals surface area contributed by atoms with E-state index < -0.39 is 31.8 Å². The number of sulfonamides is 2. The molecule has 2 atom stereocenters. The van der Waals surface area contributed by atoms with Gasteiger partial charge >= 0.3 is 0 Å². The molecule has 2 saturated heterocycles. The first-order valence-corrected chi connectivity index (χ1v) is 19.1. The van der Waals surface area contributed by atoms with Gasteiger partial charge in [0.25, 0.3) is 0 Å². The second-order valence-electron chi connectivity index (χ2n) is 13.0. The van der Waals surface area contributed by atoms with Crippen LogP contribution in [0.15, 0.2) is 76.5 Å². The number of piperidine rings is 1. The average molecular weight is 701 g/mol. The van der Waals surface area contributed by atoms with E-state index in [4.69, 9.17) is 19.9 Å². The average Bonchev–Trinajstić information content (AvgIpc) is 3.74. The highest BCUT2D eigenvalue weighted by Gasteiger charge is 2.45. The molecule has 0 aromatic heterocycles. The minimum atomic E-state index is -3.76. The van der Waals surface area contributed by atoms with Crippen molar-refractivity contribution in [2.24, 2.45) is 5.73 Å². The summed E-state index contributed by atoms with van der Waals surface area (Å²) in [6, 6.07) is 19.0. The lowest BCUT2D eigenvalue weighted by atomic mass is 9.88. The fraction of sp³-hybridized carbons (Fsp3) is 0.471. The van der Waals surface area contributed by atoms with Crippen molar-refractivity contribution in [3.63, 3.8) is 0 Å². The first kappa shape index (κ1) is 34.8. The number of nitrogens with two attached hydrogens (primary N) is 1. The molecule has 12 nitrogen and oxygen atoms in total. The van der Waals surface area contributed by atoms with Crippen molar-refractivity contribution in [1.82, 2.24) is 14.3 Å². The minimum absolute atomic E-state index is 0.00324. The molecule has 6 rings (SSSR count). The normalized spacial score (nSPS) is 21.2. The number of aliphatic hydroxyl groups is 1. The monoisotopic (exact) mass is 700 g/mol. The van der Waals surface area contributed by atoms with Crippen LogP contribution in [0.2, 0.25) is 0 Å². The first-order valence-electron chi connectivity index (χ1n) is 16.2. The minimum Gasteiger partial charge on any atom is -0.496 e. The SMILES string of the molecule is CNS(=O)(=O)c1cccc(OC[C@@H](O)CNC2COC3(CCN(S(=O)(=O)c4ccc(OC)c(-c5ccc(C6(N)CC6)cc5)c4)CC3)C2)c1. The Bertz CT molecular complexity index is 1820. The summed E-state index contributed by atoms with van der Waals surface area (Å²) in [5, 5.41) is 13.8. The zero-order chi connectivity index (χ0) is 34.2. The van der Waals surface area contributed by atoms with Gasteiger partial charge in [-0.3, -0.25) is 0 Å². The number of nitrogens with zero attached hydrogens (tertiary/aromatic N) is 1. The molecule has 1 unspecified atom stereocenters. The van der Waals surface area contributed by atoms with Crippen LogP contribution in [0.5, 0.6) is 11.5 Å². The van der Waals surface area contributed by atoms with E-state index in [1.165, 1.54) is 23.5 Å². The lowest BCUT2D eigenvalue weighted by Gasteiger charge is -2.38. The highest BCUT2D eigenvalue weighted by molar-refractivity contribution is 7.89. The topological polar surface area (TPSA) is 170 Å². The van der Waals surface area contributed by atoms with E-state index in [1.54, 1.807) is 37.4 Å². The van der Waals surface area contributed by atoms with E-state index >= 15 is 0 Å². The Hall–Kier alpha value is -3.08. The lowest BCUT2D eigenvalue weighted by Crippen LogP contribution is -2.47. The van der Waals surface area contributed by atoms with Crippen LogP contribution in [-0.2, 0) is 30.3 Å². The van der Waals surface area contributed by atoms with Gasteiger partial charge in [0.2, 0.25) is 20.0 Å². The van der Waals surface area contributed by atoms with Crippen molar-refractivity contribution in [1.29, 1.82) is 0 Å². The Morgan fingerprint density at radius 3 is 2.40 bits per heavy atom. The van der Waals surface area contributed by atoms with Crippen LogP contribution in [0.1, 0.15) is 37.7 Å². The maximum absolute atomic E-state index is 13.8. The van der Waals surface area contributed by atoms with Gasteiger partial charge in [-0.2, -0.15) is 4.31 Å². The first-order chi connectivity index (χ1) is 22.9. The molecule has 1 spiro atoms. The smallest absolute Gasteiger partial charge is 0.243 e. The van der Waals surface area contributed by atoms with Crippen LogP contribution >= 0.6 is 0 Å². The van der Waals surface area contributed by atoms with Crippen molar-refractivity contribution >= 4 is 20.0 Å². The zero-order valence-electron chi connectivity index (χ0n) is 27.2. The number of ether oxygens (including phenoxy) is 3. The molecular formula is C34H44N4O8S2. The number of nitrogens with one attached hydrogen (secondary N) is 2. The summed E-state index contributed by atoms with van der Waals surface area (Å²) in [6.07, 6.45) is 2.92. The van der Waals surface area contributed by atoms with E-state index in [0.29, 0.717) is 56.0 Å². The van der Waals surface area contributed by atoms with Crippen LogP contribution in [0, 0.1) is 0 Å². The highest BCUT2D eigenvalue weighted by Crippen LogP contribution is 2.44. The molecule has 0 radical (unpaired) electrons. The van der Waals surface area contributed by atoms with E-state index in [2.05, 4.69) is 10.0 Å². The summed E-state index contributed by atoms with van der Waals surface area (Å²) in [6.45, 7) is 1.37. The Labute approximate surface area is 282 Å². The van der Waals surface area contributed by atoms with Gasteiger partial charge in [0.05, 0.1) is 29.1 Å². The summed E-state index contributed by atoms with van der Waals surface area (Å²) < 4.78 is 72.9. The number of methoxy groups -OCH3 is 1. The van der Waals surface area contributed by atoms with E-state index in [1.807, 2.05) is 24.3 Å². The molecule has 0 amide bonds. The molecule has 5 N–H and O–H groups in total. The van der Waals surface area contributed by atoms with Crippen LogP contribution in [0.4, 0.5) is 0 Å². The van der Waals surface area contributed by atoms with Crippen molar-refractivity contribution in [2.75, 3.05) is 47.0 Å². The van der Waals surface area contributed by atoms with Gasteiger partial charge in [0.15, 0.2) is 0 Å². The van der Waals surface area contributed by atoms with Gasteiger partial charge in [0, 0.05) is 42.8 Å². The fourth-order valence-electron chi connectivity index (χ4n) is 6.49. The van der Waals surface area contributed by atoms with E-state index in [0.717, 1.165) is 24.0 Å². The number of hydrogen-bond acceptors (Lipinski definition) is 10. The van der Waals surface area contributed by atoms with Gasteiger partial charge < -0.3 is 30.4 Å². The summed E-state index contributed by atoms with van der Waals surface area (Å²) in [4.78, 5) is 0.297. The Morgan fingerprint density at radius 1 is 1.00 bits per heavy atom. The van der Waals surface area contributed by atoms with Crippen LogP contribution in [0.25, 0.3) is 11.1 Å². The quantitative estimate of drug-likeness (QED) is 0.208. The summed E-state index contributed by atoms with van der Waals surface area (Å²) in [7, 11) is -4.45. The van der Waals surface area contributed by atoms with Crippen molar-refractivity contribution in [2.45, 2.75) is 65.2 Å². The van der Waals surface area contributed by atoms with Crippen LogP contribution < -0.4 is 25.2 Å². The molecule has 1 aliphatic carbocycles. The standard InChI is InChI=1S/C34H44N4O8S2/c1-36-47(40,41)29-5-3-4-28(18-29)45-23-27(39)21-37-26-20-33(46-22-26)14-16-38(17-15-33)48(42,43)30-10-11-32(44-2)31(19-30)24-6-8-25(9-7-24)34(35)12-13-34/h3-11,18-19,26-27,36-37,39H,12-17,20-23,35H2,1-2H3/t26?,27-/m0/s1. The number of benzene rings is 3.